The van der Waals surface area contributed by atoms with Gasteiger partial charge in [0.15, 0.2) is 11.5 Å². The molecule has 1 N–H and O–H groups in total. The molecular weight excluding hydrogens is 739 g/mol. The molecule has 2 heterocycles. The van der Waals surface area contributed by atoms with E-state index in [0.29, 0.717) is 22.7 Å². The standard InChI is InChI=1S/C44H38ClFN2O8/c1-44-32(41(51)48(43(44)53)27-12-16-34(46)33(45)21-27)22-31-29(39(44)25-9-17-35(49)37(20-25)56-4)14-15-30-38(31)42(52)47(40(30)50)26-10-6-23(7-11-26)5-8-24-19-28(54-2)13-18-36(24)55-3/h5-14,16-21,30-32,38-39,49H,15,22H2,1-4H3. The number of carbonyl (C=O) groups excluding carboxylic acids is 4. The number of carbonyl (C=O) groups is 4. The highest BCUT2D eigenvalue weighted by Gasteiger charge is 2.67. The quantitative estimate of drug-likeness (QED) is 0.109. The molecule has 2 saturated heterocycles. The summed E-state index contributed by atoms with van der Waals surface area (Å²) in [6.07, 6.45) is 6.12. The Hall–Kier alpha value is -5.94. The van der Waals surface area contributed by atoms with Gasteiger partial charge in [0.25, 0.3) is 0 Å². The molecule has 4 aromatic rings. The summed E-state index contributed by atoms with van der Waals surface area (Å²) in [6, 6.07) is 21.1. The van der Waals surface area contributed by atoms with Crippen molar-refractivity contribution in [3.05, 3.63) is 118 Å². The van der Waals surface area contributed by atoms with Gasteiger partial charge in [-0.2, -0.15) is 0 Å². The summed E-state index contributed by atoms with van der Waals surface area (Å²) < 4.78 is 30.5. The maximum atomic E-state index is 14.7. The zero-order valence-electron chi connectivity index (χ0n) is 31.0. The van der Waals surface area contributed by atoms with Crippen molar-refractivity contribution in [3.8, 4) is 23.0 Å². The summed E-state index contributed by atoms with van der Waals surface area (Å²) in [5.41, 5.74) is 2.23. The van der Waals surface area contributed by atoms with Crippen LogP contribution in [-0.2, 0) is 19.2 Å². The minimum atomic E-state index is -1.35. The van der Waals surface area contributed by atoms with Gasteiger partial charge in [-0.3, -0.25) is 24.1 Å². The average Bonchev–Trinajstić information content (AvgIpc) is 3.57. The number of rotatable bonds is 8. The molecule has 4 aliphatic rings. The molecule has 0 bridgehead atoms. The molecule has 56 heavy (non-hydrogen) atoms. The van der Waals surface area contributed by atoms with Crippen LogP contribution in [0.1, 0.15) is 42.4 Å². The molecule has 0 radical (unpaired) electrons. The second kappa shape index (κ2) is 14.0. The summed E-state index contributed by atoms with van der Waals surface area (Å²) in [6.45, 7) is 1.74. The lowest BCUT2D eigenvalue weighted by molar-refractivity contribution is -0.131. The van der Waals surface area contributed by atoms with Crippen molar-refractivity contribution >= 4 is 58.8 Å². The Balaban J connectivity index is 1.15. The number of benzene rings is 4. The number of allylic oxidation sites excluding steroid dienone is 2. The number of phenolic OH excluding ortho intramolecular Hbond substituents is 1. The topological polar surface area (TPSA) is 123 Å². The highest BCUT2D eigenvalue weighted by atomic mass is 35.5. The third-order valence-electron chi connectivity index (χ3n) is 12.0. The van der Waals surface area contributed by atoms with Crippen LogP contribution in [0, 0.1) is 34.9 Å². The predicted molar refractivity (Wildman–Crippen MR) is 208 cm³/mol. The number of hydrogen-bond acceptors (Lipinski definition) is 8. The predicted octanol–water partition coefficient (Wildman–Crippen LogP) is 7.82. The van der Waals surface area contributed by atoms with Gasteiger partial charge in [0.05, 0.1) is 60.9 Å². The molecule has 4 amide bonds. The van der Waals surface area contributed by atoms with Crippen molar-refractivity contribution in [2.75, 3.05) is 31.1 Å². The summed E-state index contributed by atoms with van der Waals surface area (Å²) in [5, 5.41) is 10.3. The van der Waals surface area contributed by atoms with E-state index in [-0.39, 0.29) is 46.9 Å². The Morgan fingerprint density at radius 1 is 0.786 bits per heavy atom. The van der Waals surface area contributed by atoms with Crippen molar-refractivity contribution < 1.29 is 42.9 Å². The summed E-state index contributed by atoms with van der Waals surface area (Å²) in [4.78, 5) is 60.1. The van der Waals surface area contributed by atoms with E-state index in [1.807, 2.05) is 48.6 Å². The monoisotopic (exact) mass is 776 g/mol. The molecule has 0 spiro atoms. The largest absolute Gasteiger partial charge is 0.504 e. The third-order valence-corrected chi connectivity index (χ3v) is 12.3. The Bertz CT molecular complexity index is 2380. The van der Waals surface area contributed by atoms with Crippen LogP contribution in [0.3, 0.4) is 0 Å². The highest BCUT2D eigenvalue weighted by Crippen LogP contribution is 2.64. The van der Waals surface area contributed by atoms with Crippen LogP contribution in [0.2, 0.25) is 5.02 Å². The number of phenols is 1. The van der Waals surface area contributed by atoms with Crippen LogP contribution < -0.4 is 24.0 Å². The van der Waals surface area contributed by atoms with Gasteiger partial charge < -0.3 is 19.3 Å². The van der Waals surface area contributed by atoms with Crippen LogP contribution in [0.4, 0.5) is 15.8 Å². The van der Waals surface area contributed by atoms with Crippen LogP contribution in [0.5, 0.6) is 23.0 Å². The van der Waals surface area contributed by atoms with Gasteiger partial charge in [-0.15, -0.1) is 0 Å². The van der Waals surface area contributed by atoms with Crippen molar-refractivity contribution in [3.63, 3.8) is 0 Å². The van der Waals surface area contributed by atoms with E-state index in [1.54, 1.807) is 45.4 Å². The lowest BCUT2D eigenvalue weighted by atomic mass is 9.51. The molecule has 8 rings (SSSR count). The van der Waals surface area contributed by atoms with Crippen molar-refractivity contribution in [1.29, 1.82) is 0 Å². The van der Waals surface area contributed by atoms with Crippen molar-refractivity contribution in [2.24, 2.45) is 29.1 Å². The van der Waals surface area contributed by atoms with Crippen LogP contribution in [0.25, 0.3) is 12.2 Å². The zero-order valence-corrected chi connectivity index (χ0v) is 31.7. The fourth-order valence-corrected chi connectivity index (χ4v) is 9.46. The fraction of sp³-hybridized carbons (Fsp3) is 0.273. The molecule has 10 nitrogen and oxygen atoms in total. The van der Waals surface area contributed by atoms with Crippen molar-refractivity contribution in [1.82, 2.24) is 0 Å². The first-order valence-electron chi connectivity index (χ1n) is 18.2. The average molecular weight is 777 g/mol. The van der Waals surface area contributed by atoms with E-state index >= 15 is 0 Å². The number of halogens is 2. The molecule has 2 aliphatic heterocycles. The number of methoxy groups -OCH3 is 3. The van der Waals surface area contributed by atoms with E-state index in [4.69, 9.17) is 25.8 Å². The number of imide groups is 2. The Morgan fingerprint density at radius 3 is 2.21 bits per heavy atom. The Kier molecular flexibility index (Phi) is 9.23. The minimum absolute atomic E-state index is 0.104. The number of amides is 4. The third kappa shape index (κ3) is 5.67. The van der Waals surface area contributed by atoms with E-state index in [0.717, 1.165) is 27.7 Å². The van der Waals surface area contributed by atoms with E-state index in [9.17, 15) is 28.7 Å². The first-order chi connectivity index (χ1) is 26.9. The second-order valence-corrected chi connectivity index (χ2v) is 15.1. The Labute approximate surface area is 327 Å². The van der Waals surface area contributed by atoms with Crippen molar-refractivity contribution in [2.45, 2.75) is 25.7 Å². The first kappa shape index (κ1) is 37.0. The number of ether oxygens (including phenoxy) is 3. The number of fused-ring (bicyclic) bond motifs is 4. The number of aromatic hydroxyl groups is 1. The van der Waals surface area contributed by atoms with Gasteiger partial charge in [-0.25, -0.2) is 9.29 Å². The van der Waals surface area contributed by atoms with Gasteiger partial charge in [-0.1, -0.05) is 53.6 Å². The maximum absolute atomic E-state index is 14.7. The lowest BCUT2D eigenvalue weighted by Crippen LogP contribution is -2.48. The number of anilines is 2. The molecule has 286 valence electrons. The van der Waals surface area contributed by atoms with Crippen LogP contribution in [0.15, 0.2) is 90.5 Å². The van der Waals surface area contributed by atoms with Crippen LogP contribution >= 0.6 is 11.6 Å². The molecule has 4 aromatic carbocycles. The summed E-state index contributed by atoms with van der Waals surface area (Å²) >= 11 is 6.12. The molecule has 2 aliphatic carbocycles. The molecule has 12 heteroatoms. The smallest absolute Gasteiger partial charge is 0.241 e. The van der Waals surface area contributed by atoms with Gasteiger partial charge in [0.1, 0.15) is 17.3 Å². The molecule has 3 fully saturated rings. The first-order valence-corrected chi connectivity index (χ1v) is 18.6. The molecule has 6 unspecified atom stereocenters. The SMILES string of the molecule is COc1ccc(OC)c(C=Cc2ccc(N3C(=O)C4CC=C5C(CC6C(=O)N(c7ccc(F)c(Cl)c7)C(=O)C6(C)C5c5ccc(O)c(OC)c5)C4C3=O)cc2)c1. The van der Waals surface area contributed by atoms with Crippen LogP contribution in [-0.4, -0.2) is 50.1 Å². The second-order valence-electron chi connectivity index (χ2n) is 14.7. The number of nitrogens with zero attached hydrogens (tertiary/aromatic N) is 2. The van der Waals surface area contributed by atoms with Gasteiger partial charge in [-0.05, 0) is 97.5 Å². The van der Waals surface area contributed by atoms with E-state index in [2.05, 4.69) is 0 Å². The summed E-state index contributed by atoms with van der Waals surface area (Å²) in [7, 11) is 4.60. The Morgan fingerprint density at radius 2 is 1.52 bits per heavy atom. The van der Waals surface area contributed by atoms with E-state index in [1.165, 1.54) is 30.2 Å². The molecular formula is C44H38ClFN2O8. The molecule has 1 saturated carbocycles. The van der Waals surface area contributed by atoms with Gasteiger partial charge in [0.2, 0.25) is 23.6 Å². The lowest BCUT2D eigenvalue weighted by Gasteiger charge is -2.49. The molecule has 0 aromatic heterocycles. The fourth-order valence-electron chi connectivity index (χ4n) is 9.28. The summed E-state index contributed by atoms with van der Waals surface area (Å²) in [5.74, 6) is -4.61. The van der Waals surface area contributed by atoms with Gasteiger partial charge in [0, 0.05) is 11.5 Å². The minimum Gasteiger partial charge on any atom is -0.504 e. The molecule has 6 atom stereocenters. The number of hydrogen-bond donors (Lipinski definition) is 1. The normalized spacial score (nSPS) is 25.6. The van der Waals surface area contributed by atoms with Gasteiger partial charge >= 0.3 is 0 Å². The zero-order chi connectivity index (χ0) is 39.6. The highest BCUT2D eigenvalue weighted by molar-refractivity contribution is 6.32. The van der Waals surface area contributed by atoms with E-state index < -0.39 is 52.6 Å². The maximum Gasteiger partial charge on any atom is 0.241 e.